The van der Waals surface area contributed by atoms with Gasteiger partial charge in [0.15, 0.2) is 0 Å². The second-order valence-electron chi connectivity index (χ2n) is 1.36. The van der Waals surface area contributed by atoms with Crippen LogP contribution in [0.1, 0.15) is 0 Å². The number of aliphatic carboxylic acids is 1. The summed E-state index contributed by atoms with van der Waals surface area (Å²) in [6.07, 6.45) is 0. The first-order valence-corrected chi connectivity index (χ1v) is 1.96. The van der Waals surface area contributed by atoms with E-state index >= 15 is 0 Å². The highest BCUT2D eigenvalue weighted by Gasteiger charge is 2.03. The third-order valence-electron chi connectivity index (χ3n) is 0.673. The van der Waals surface area contributed by atoms with Gasteiger partial charge in [-0.05, 0) is 0 Å². The van der Waals surface area contributed by atoms with Gasteiger partial charge in [-0.1, -0.05) is 6.58 Å². The van der Waals surface area contributed by atoms with Gasteiger partial charge < -0.3 is 10.1 Å². The third kappa shape index (κ3) is 1.61. The maximum Gasteiger partial charge on any atom is 0.352 e. The van der Waals surface area contributed by atoms with E-state index in [9.17, 15) is 4.79 Å². The lowest BCUT2D eigenvalue weighted by Gasteiger charge is -2.08. The van der Waals surface area contributed by atoms with Crippen molar-refractivity contribution in [2.45, 2.75) is 0 Å². The van der Waals surface area contributed by atoms with Crippen molar-refractivity contribution < 1.29 is 9.90 Å². The second-order valence-corrected chi connectivity index (χ2v) is 1.36. The van der Waals surface area contributed by atoms with Gasteiger partial charge >= 0.3 is 5.97 Å². The van der Waals surface area contributed by atoms with Crippen LogP contribution >= 0.6 is 0 Å². The van der Waals surface area contributed by atoms with Crippen molar-refractivity contribution in [2.75, 3.05) is 7.05 Å². The number of carbonyl (C=O) groups is 1. The molecule has 0 aromatic rings. The van der Waals surface area contributed by atoms with E-state index in [1.165, 1.54) is 7.05 Å². The van der Waals surface area contributed by atoms with Crippen molar-refractivity contribution in [3.63, 3.8) is 0 Å². The van der Waals surface area contributed by atoms with Crippen molar-refractivity contribution >= 4 is 5.97 Å². The molecule has 0 aliphatic heterocycles. The molecule has 0 heterocycles. The van der Waals surface area contributed by atoms with Crippen LogP contribution in [0.15, 0.2) is 12.3 Å². The number of nitrogens with two attached hydrogens (primary N) is 1. The highest BCUT2D eigenvalue weighted by molar-refractivity contribution is 5.84. The quantitative estimate of drug-likeness (QED) is 0.287. The molecule has 4 nitrogen and oxygen atoms in total. The predicted molar refractivity (Wildman–Crippen MR) is 28.7 cm³/mol. The van der Waals surface area contributed by atoms with Crippen LogP contribution in [0.5, 0.6) is 0 Å². The number of hydrogen-bond donors (Lipinski definition) is 2. The lowest BCUT2D eigenvalue weighted by molar-refractivity contribution is -0.134. The molecule has 8 heavy (non-hydrogen) atoms. The monoisotopic (exact) mass is 116 g/mol. The number of hydrazine groups is 1. The normalized spacial score (nSPS) is 8.25. The minimum absolute atomic E-state index is 0.120. The zero-order valence-corrected chi connectivity index (χ0v) is 4.59. The van der Waals surface area contributed by atoms with Gasteiger partial charge in [0.25, 0.3) is 0 Å². The van der Waals surface area contributed by atoms with Crippen LogP contribution in [-0.4, -0.2) is 23.1 Å². The van der Waals surface area contributed by atoms with Crippen LogP contribution in [0, 0.1) is 0 Å². The lowest BCUT2D eigenvalue weighted by Crippen LogP contribution is -2.28. The molecule has 0 unspecified atom stereocenters. The first-order chi connectivity index (χ1) is 3.55. The Morgan fingerprint density at radius 2 is 2.25 bits per heavy atom. The van der Waals surface area contributed by atoms with Gasteiger partial charge in [0.2, 0.25) is 0 Å². The summed E-state index contributed by atoms with van der Waals surface area (Å²) in [5.41, 5.74) is -0.120. The van der Waals surface area contributed by atoms with Gasteiger partial charge in [0.05, 0.1) is 0 Å². The summed E-state index contributed by atoms with van der Waals surface area (Å²) in [4.78, 5) is 9.92. The second kappa shape index (κ2) is 2.32. The van der Waals surface area contributed by atoms with Crippen molar-refractivity contribution in [1.29, 1.82) is 0 Å². The van der Waals surface area contributed by atoms with E-state index in [4.69, 9.17) is 10.9 Å². The minimum atomic E-state index is -1.10. The lowest BCUT2D eigenvalue weighted by atomic mass is 10.5. The summed E-state index contributed by atoms with van der Waals surface area (Å²) in [6.45, 7) is 3.16. The Balaban J connectivity index is 3.84. The summed E-state index contributed by atoms with van der Waals surface area (Å²) in [5, 5.41) is 9.08. The number of hydrogen-bond acceptors (Lipinski definition) is 3. The van der Waals surface area contributed by atoms with Crippen molar-refractivity contribution in [3.8, 4) is 0 Å². The number of rotatable bonds is 2. The molecular formula is C4H8N2O2. The van der Waals surface area contributed by atoms with E-state index < -0.39 is 5.97 Å². The van der Waals surface area contributed by atoms with Gasteiger partial charge in [-0.25, -0.2) is 10.6 Å². The van der Waals surface area contributed by atoms with Crippen LogP contribution in [-0.2, 0) is 4.79 Å². The average Bonchev–Trinajstić information content (AvgIpc) is 1.64. The molecule has 3 N–H and O–H groups in total. The first-order valence-electron chi connectivity index (χ1n) is 1.96. The van der Waals surface area contributed by atoms with Crippen molar-refractivity contribution in [2.24, 2.45) is 5.84 Å². The molecule has 0 saturated carbocycles. The van der Waals surface area contributed by atoms with Crippen LogP contribution in [0.25, 0.3) is 0 Å². The SMILES string of the molecule is C=C(C(=O)O)N(C)N. The maximum atomic E-state index is 9.92. The van der Waals surface area contributed by atoms with Crippen LogP contribution in [0.2, 0.25) is 0 Å². The van der Waals surface area contributed by atoms with Gasteiger partial charge in [-0.15, -0.1) is 0 Å². The fourth-order valence-corrected chi connectivity index (χ4v) is 0.151. The highest BCUT2D eigenvalue weighted by atomic mass is 16.4. The average molecular weight is 116 g/mol. The van der Waals surface area contributed by atoms with Gasteiger partial charge in [0, 0.05) is 7.05 Å². The van der Waals surface area contributed by atoms with E-state index in [-0.39, 0.29) is 5.70 Å². The first kappa shape index (κ1) is 6.97. The van der Waals surface area contributed by atoms with E-state index in [0.717, 1.165) is 5.01 Å². The molecule has 0 radical (unpaired) electrons. The number of nitrogens with zero attached hydrogens (tertiary/aromatic N) is 1. The maximum absolute atomic E-state index is 9.92. The van der Waals surface area contributed by atoms with Crippen LogP contribution in [0.3, 0.4) is 0 Å². The molecule has 0 rings (SSSR count). The minimum Gasteiger partial charge on any atom is -0.477 e. The summed E-state index contributed by atoms with van der Waals surface area (Å²) in [7, 11) is 1.41. The van der Waals surface area contributed by atoms with Crippen molar-refractivity contribution in [1.82, 2.24) is 5.01 Å². The van der Waals surface area contributed by atoms with Gasteiger partial charge in [-0.3, -0.25) is 0 Å². The molecule has 0 fully saturated rings. The zero-order chi connectivity index (χ0) is 6.73. The molecule has 4 heteroatoms. The molecule has 0 aromatic carbocycles. The van der Waals surface area contributed by atoms with E-state index in [1.54, 1.807) is 0 Å². The predicted octanol–water partition coefficient (Wildman–Crippen LogP) is -0.610. The molecule has 0 atom stereocenters. The van der Waals surface area contributed by atoms with E-state index in [2.05, 4.69) is 6.58 Å². The van der Waals surface area contributed by atoms with E-state index in [0.29, 0.717) is 0 Å². The molecule has 0 aromatic heterocycles. The standard InChI is InChI=1S/C4H8N2O2/c1-3(4(7)8)6(2)5/h1,5H2,2H3,(H,7,8). The Labute approximate surface area is 47.2 Å². The van der Waals surface area contributed by atoms with Crippen LogP contribution in [0.4, 0.5) is 0 Å². The van der Waals surface area contributed by atoms with Crippen molar-refractivity contribution in [3.05, 3.63) is 12.3 Å². The molecule has 0 saturated heterocycles. The molecule has 0 aliphatic rings. The Morgan fingerprint density at radius 1 is 1.88 bits per heavy atom. The summed E-state index contributed by atoms with van der Waals surface area (Å²) in [6, 6.07) is 0. The summed E-state index contributed by atoms with van der Waals surface area (Å²) < 4.78 is 0. The van der Waals surface area contributed by atoms with E-state index in [1.807, 2.05) is 0 Å². The van der Waals surface area contributed by atoms with Gasteiger partial charge in [0.1, 0.15) is 5.70 Å². The fraction of sp³-hybridized carbons (Fsp3) is 0.250. The Morgan fingerprint density at radius 3 is 2.25 bits per heavy atom. The Bertz CT molecular complexity index is 119. The molecule has 0 bridgehead atoms. The largest absolute Gasteiger partial charge is 0.477 e. The Kier molecular flexibility index (Phi) is 2.02. The summed E-state index contributed by atoms with van der Waals surface area (Å²) >= 11 is 0. The molecular weight excluding hydrogens is 108 g/mol. The zero-order valence-electron chi connectivity index (χ0n) is 4.59. The fourth-order valence-electron chi connectivity index (χ4n) is 0.151. The molecule has 46 valence electrons. The van der Waals surface area contributed by atoms with Gasteiger partial charge in [-0.2, -0.15) is 0 Å². The molecule has 0 amide bonds. The number of carboxylic acid groups (broad SMARTS) is 1. The molecule has 0 spiro atoms. The number of likely N-dealkylation sites (N-methyl/N-ethyl adjacent to an activating group) is 1. The number of carboxylic acids is 1. The molecule has 0 aliphatic carbocycles. The highest BCUT2D eigenvalue weighted by Crippen LogP contribution is 1.88. The topological polar surface area (TPSA) is 66.6 Å². The summed E-state index contributed by atoms with van der Waals surface area (Å²) in [5.74, 6) is 3.89. The van der Waals surface area contributed by atoms with Crippen LogP contribution < -0.4 is 5.84 Å². The smallest absolute Gasteiger partial charge is 0.352 e. The third-order valence-corrected chi connectivity index (χ3v) is 0.673. The Hall–Kier alpha value is -1.03.